The average Bonchev–Trinajstić information content (AvgIpc) is 2.86. The van der Waals surface area contributed by atoms with Crippen LogP contribution in [0.1, 0.15) is 52.4 Å². The third kappa shape index (κ3) is 2.65. The highest BCUT2D eigenvalue weighted by atomic mass is 16.3. The van der Waals surface area contributed by atoms with Gasteiger partial charge in [0, 0.05) is 18.5 Å². The summed E-state index contributed by atoms with van der Waals surface area (Å²) in [6.07, 6.45) is 5.95. The van der Waals surface area contributed by atoms with Crippen LogP contribution in [0.25, 0.3) is 0 Å². The maximum atomic E-state index is 12.7. The summed E-state index contributed by atoms with van der Waals surface area (Å²) >= 11 is 0. The summed E-state index contributed by atoms with van der Waals surface area (Å²) < 4.78 is 0. The molecule has 1 heterocycles. The van der Waals surface area contributed by atoms with Crippen LogP contribution < -0.4 is 0 Å². The Hall–Kier alpha value is -0.570. The maximum Gasteiger partial charge on any atom is 0.228 e. The van der Waals surface area contributed by atoms with E-state index < -0.39 is 0 Å². The molecule has 0 aromatic carbocycles. The predicted molar refractivity (Wildman–Crippen MR) is 67.6 cm³/mol. The van der Waals surface area contributed by atoms with E-state index >= 15 is 0 Å². The average molecular weight is 239 g/mol. The fraction of sp³-hybridized carbons (Fsp3) is 0.929. The lowest BCUT2D eigenvalue weighted by Crippen LogP contribution is -2.42. The van der Waals surface area contributed by atoms with Crippen molar-refractivity contribution in [1.29, 1.82) is 0 Å². The zero-order valence-corrected chi connectivity index (χ0v) is 11.1. The van der Waals surface area contributed by atoms with Gasteiger partial charge < -0.3 is 10.0 Å². The smallest absolute Gasteiger partial charge is 0.228 e. The van der Waals surface area contributed by atoms with Crippen LogP contribution in [0.2, 0.25) is 0 Å². The van der Waals surface area contributed by atoms with Gasteiger partial charge >= 0.3 is 0 Å². The number of aliphatic hydroxyl groups is 1. The summed E-state index contributed by atoms with van der Waals surface area (Å²) in [5.41, 5.74) is -0.0990. The van der Waals surface area contributed by atoms with Crippen LogP contribution >= 0.6 is 0 Å². The summed E-state index contributed by atoms with van der Waals surface area (Å²) in [5, 5.41) is 9.56. The Bertz CT molecular complexity index is 282. The molecular weight excluding hydrogens is 214 g/mol. The molecule has 1 amide bonds. The van der Waals surface area contributed by atoms with Crippen LogP contribution in [0, 0.1) is 11.3 Å². The Morgan fingerprint density at radius 1 is 1.41 bits per heavy atom. The molecule has 1 aliphatic carbocycles. The van der Waals surface area contributed by atoms with Gasteiger partial charge in [-0.2, -0.15) is 0 Å². The molecule has 98 valence electrons. The highest BCUT2D eigenvalue weighted by Gasteiger charge is 2.44. The van der Waals surface area contributed by atoms with Crippen molar-refractivity contribution in [3.05, 3.63) is 0 Å². The lowest BCUT2D eigenvalue weighted by atomic mass is 9.77. The first-order valence-electron chi connectivity index (χ1n) is 7.01. The van der Waals surface area contributed by atoms with Gasteiger partial charge in [-0.15, -0.1) is 0 Å². The van der Waals surface area contributed by atoms with Crippen molar-refractivity contribution in [3.63, 3.8) is 0 Å². The Kier molecular flexibility index (Phi) is 3.76. The molecule has 1 saturated carbocycles. The van der Waals surface area contributed by atoms with Crippen LogP contribution in [-0.4, -0.2) is 35.1 Å². The largest absolute Gasteiger partial charge is 0.391 e. The van der Waals surface area contributed by atoms with Gasteiger partial charge in [-0.25, -0.2) is 0 Å². The van der Waals surface area contributed by atoms with Crippen LogP contribution in [0.4, 0.5) is 0 Å². The first-order valence-corrected chi connectivity index (χ1v) is 7.01. The van der Waals surface area contributed by atoms with Crippen LogP contribution in [0.15, 0.2) is 0 Å². The molecule has 0 spiro atoms. The van der Waals surface area contributed by atoms with E-state index in [0.29, 0.717) is 18.4 Å². The maximum absolute atomic E-state index is 12.7. The van der Waals surface area contributed by atoms with E-state index in [1.165, 1.54) is 12.8 Å². The molecule has 0 bridgehead atoms. The molecular formula is C14H25NO2. The normalized spacial score (nSPS) is 28.0. The number of carbonyl (C=O) groups excluding carboxylic acids is 1. The molecule has 2 fully saturated rings. The summed E-state index contributed by atoms with van der Waals surface area (Å²) in [6, 6.07) is 0. The van der Waals surface area contributed by atoms with Gasteiger partial charge in [0.2, 0.25) is 5.91 Å². The quantitative estimate of drug-likeness (QED) is 0.820. The van der Waals surface area contributed by atoms with E-state index in [-0.39, 0.29) is 11.5 Å². The Labute approximate surface area is 104 Å². The van der Waals surface area contributed by atoms with Gasteiger partial charge in [-0.05, 0) is 31.6 Å². The van der Waals surface area contributed by atoms with Crippen molar-refractivity contribution in [3.8, 4) is 0 Å². The first-order chi connectivity index (χ1) is 8.03. The van der Waals surface area contributed by atoms with Crippen molar-refractivity contribution in [2.75, 3.05) is 13.1 Å². The molecule has 3 heteroatoms. The zero-order valence-electron chi connectivity index (χ0n) is 11.1. The molecule has 1 atom stereocenters. The van der Waals surface area contributed by atoms with Crippen molar-refractivity contribution < 1.29 is 9.90 Å². The highest BCUT2D eigenvalue weighted by molar-refractivity contribution is 5.83. The molecule has 0 radical (unpaired) electrons. The third-order valence-corrected chi connectivity index (χ3v) is 4.26. The standard InChI is InChI=1S/C14H25NO2/c1-11(2)9-14(6-3-4-7-14)13(17)15-8-5-12(16)10-15/h11-12,16H,3-10H2,1-2H3/t12-/m1/s1. The highest BCUT2D eigenvalue weighted by Crippen LogP contribution is 2.45. The van der Waals surface area contributed by atoms with Crippen molar-refractivity contribution >= 4 is 5.91 Å². The lowest BCUT2D eigenvalue weighted by Gasteiger charge is -2.33. The van der Waals surface area contributed by atoms with E-state index in [9.17, 15) is 9.90 Å². The number of aliphatic hydroxyl groups excluding tert-OH is 1. The van der Waals surface area contributed by atoms with Gasteiger partial charge in [0.15, 0.2) is 0 Å². The summed E-state index contributed by atoms with van der Waals surface area (Å²) in [5.74, 6) is 0.893. The topological polar surface area (TPSA) is 40.5 Å². The fourth-order valence-corrected chi connectivity index (χ4v) is 3.60. The van der Waals surface area contributed by atoms with Gasteiger partial charge in [-0.1, -0.05) is 26.7 Å². The zero-order chi connectivity index (χ0) is 12.5. The summed E-state index contributed by atoms with van der Waals surface area (Å²) in [7, 11) is 0. The number of carbonyl (C=O) groups is 1. The van der Waals surface area contributed by atoms with Gasteiger partial charge in [0.05, 0.1) is 6.10 Å². The van der Waals surface area contributed by atoms with Gasteiger partial charge in [0.1, 0.15) is 0 Å². The molecule has 1 aliphatic heterocycles. The molecule has 2 aliphatic rings. The van der Waals surface area contributed by atoms with Gasteiger partial charge in [-0.3, -0.25) is 4.79 Å². The molecule has 2 rings (SSSR count). The Balaban J connectivity index is 2.07. The molecule has 3 nitrogen and oxygen atoms in total. The number of β-amino-alcohol motifs (C(OH)–C–C–N with tert-alkyl or cyclic N) is 1. The third-order valence-electron chi connectivity index (χ3n) is 4.26. The number of hydrogen-bond acceptors (Lipinski definition) is 2. The Morgan fingerprint density at radius 2 is 2.06 bits per heavy atom. The van der Waals surface area contributed by atoms with Gasteiger partial charge in [0.25, 0.3) is 0 Å². The second-order valence-corrected chi connectivity index (χ2v) is 6.28. The van der Waals surface area contributed by atoms with Crippen LogP contribution in [0.3, 0.4) is 0 Å². The predicted octanol–water partition coefficient (Wildman–Crippen LogP) is 2.19. The lowest BCUT2D eigenvalue weighted by molar-refractivity contribution is -0.142. The van der Waals surface area contributed by atoms with Crippen molar-refractivity contribution in [1.82, 2.24) is 4.90 Å². The van der Waals surface area contributed by atoms with E-state index in [1.54, 1.807) is 0 Å². The minimum Gasteiger partial charge on any atom is -0.391 e. The molecule has 1 N–H and O–H groups in total. The summed E-state index contributed by atoms with van der Waals surface area (Å²) in [6.45, 7) is 5.71. The van der Waals surface area contributed by atoms with E-state index in [4.69, 9.17) is 0 Å². The molecule has 1 saturated heterocycles. The van der Waals surface area contributed by atoms with Crippen LogP contribution in [0.5, 0.6) is 0 Å². The molecule has 0 unspecified atom stereocenters. The second kappa shape index (κ2) is 4.97. The number of nitrogens with zero attached hydrogens (tertiary/aromatic N) is 1. The minimum atomic E-state index is -0.295. The molecule has 0 aromatic rings. The first kappa shape index (κ1) is 12.9. The summed E-state index contributed by atoms with van der Waals surface area (Å²) in [4.78, 5) is 14.6. The van der Waals surface area contributed by atoms with E-state index in [1.807, 2.05) is 4.90 Å². The van der Waals surface area contributed by atoms with Crippen molar-refractivity contribution in [2.24, 2.45) is 11.3 Å². The van der Waals surface area contributed by atoms with E-state index in [2.05, 4.69) is 13.8 Å². The fourth-order valence-electron chi connectivity index (χ4n) is 3.60. The monoisotopic (exact) mass is 239 g/mol. The Morgan fingerprint density at radius 3 is 2.53 bits per heavy atom. The number of likely N-dealkylation sites (tertiary alicyclic amines) is 1. The second-order valence-electron chi connectivity index (χ2n) is 6.28. The van der Waals surface area contributed by atoms with Crippen LogP contribution in [-0.2, 0) is 4.79 Å². The van der Waals surface area contributed by atoms with Crippen molar-refractivity contribution in [2.45, 2.75) is 58.5 Å². The van der Waals surface area contributed by atoms with E-state index in [0.717, 1.165) is 32.2 Å². The number of rotatable bonds is 3. The number of hydrogen-bond donors (Lipinski definition) is 1. The molecule has 17 heavy (non-hydrogen) atoms. The SMILES string of the molecule is CC(C)CC1(C(=O)N2CC[C@@H](O)C2)CCCC1. The molecule has 0 aromatic heterocycles. The number of amides is 1. The minimum absolute atomic E-state index is 0.0990.